The maximum Gasteiger partial charge on any atom is 0.431 e. The number of carbonyl (C=O) groups is 7. The van der Waals surface area contributed by atoms with E-state index in [2.05, 4.69) is 16.0 Å². The van der Waals surface area contributed by atoms with Gasteiger partial charge >= 0.3 is 30.0 Å². The van der Waals surface area contributed by atoms with Gasteiger partial charge in [0.2, 0.25) is 6.10 Å². The van der Waals surface area contributed by atoms with Crippen LogP contribution in [0.15, 0.2) is 336 Å². The molecule has 1 unspecified atom stereocenters. The van der Waals surface area contributed by atoms with Crippen LogP contribution in [0.4, 0.5) is 9.80 Å². The third-order valence-corrected chi connectivity index (χ3v) is 22.6. The molecule has 4 aliphatic rings. The lowest BCUT2D eigenvalue weighted by atomic mass is 9.70. The number of nitrogen functional groups attached to an aromatic ring is 1. The Labute approximate surface area is 674 Å². The molecule has 0 saturated carbocycles. The Kier molecular flexibility index (Phi) is 23.2. The second kappa shape index (κ2) is 34.7. The van der Waals surface area contributed by atoms with Crippen molar-refractivity contribution in [1.82, 2.24) is 30.8 Å². The van der Waals surface area contributed by atoms with Crippen molar-refractivity contribution < 1.29 is 62.1 Å². The van der Waals surface area contributed by atoms with Gasteiger partial charge in [0.15, 0.2) is 41.3 Å². The Morgan fingerprint density at radius 1 is 0.591 bits per heavy atom. The number of β-lactam (4-membered cyclic amide) rings is 1. The summed E-state index contributed by atoms with van der Waals surface area (Å²) < 4.78 is 30.4. The number of allylic oxidation sites excluding steroid dienone is 1. The fraction of sp³-hybridized carbons (Fsp3) is 0.133. The number of thioether (sulfide) groups is 2. The molecule has 25 heteroatoms. The van der Waals surface area contributed by atoms with Crippen molar-refractivity contribution in [3.8, 4) is 11.5 Å². The Morgan fingerprint density at radius 2 is 1.04 bits per heavy atom. The van der Waals surface area contributed by atoms with Gasteiger partial charge in [-0.15, -0.1) is 29.1 Å². The number of hydrogen-bond donors (Lipinski definition) is 3. The van der Waals surface area contributed by atoms with E-state index in [1.165, 1.54) is 57.8 Å². The number of fused-ring (bicyclic) bond motifs is 2. The number of nitrogens with zero attached hydrogens (tertiary/aromatic N) is 6. The maximum atomic E-state index is 16.2. The monoisotopic (exact) mass is 1580 g/mol. The highest BCUT2D eigenvalue weighted by Crippen LogP contribution is 2.49. The average molecular weight is 1580 g/mol. The fourth-order valence-corrected chi connectivity index (χ4v) is 17.6. The molecule has 4 aliphatic heterocycles. The molecule has 0 bridgehead atoms. The molecule has 115 heavy (non-hydrogen) atoms. The van der Waals surface area contributed by atoms with Crippen molar-refractivity contribution in [2.45, 2.75) is 62.0 Å². The zero-order chi connectivity index (χ0) is 79.5. The Hall–Kier alpha value is -13.5. The normalized spacial score (nSPS) is 15.5. The van der Waals surface area contributed by atoms with E-state index in [0.29, 0.717) is 49.4 Å². The topological polar surface area (TPSA) is 272 Å². The van der Waals surface area contributed by atoms with Gasteiger partial charge in [0.25, 0.3) is 11.8 Å². The molecule has 1 aromatic heterocycles. The molecule has 5 heterocycles. The van der Waals surface area contributed by atoms with Crippen LogP contribution in [0.25, 0.3) is 0 Å². The molecule has 22 nitrogen and oxygen atoms in total. The number of nitrogens with one attached hydrogen (secondary N) is 2. The number of aliphatic imine (C=N–C) groups is 1. The standard InChI is InChI=1S/C90H73N9O13S3/c1-56-51-73(99-72(92-56)53-97(96-99)89(106)111-80(63-39-21-8-22-40-63)64-41-23-9-24-42-64)113-54-66-55-114-85-76(84(103)98(85)77(66)86(104)109-78(59-31-13-4-14-32-59)60-33-15-5-16-34-60)93-83(102)75(74-82(91)115-88(94-74)90(67-43-25-10-26-44-67,68-45-27-11-28-46-68)69-47-29-12-30-48-69)95-112-81(65-49-50-70(107-57(2)100)71(52-65)108-58(3)101)87(105)110-79(61-35-17-6-18-36-61)62-37-19-7-20-38-62/h4-53,76,78-81,85,96H,54-55,91H2,1-3H3,(H,93,102)/t76-,81?,85-/m1/s1. The predicted octanol–water partition coefficient (Wildman–Crippen LogP) is 15.6. The zero-order valence-electron chi connectivity index (χ0n) is 62.0. The fourth-order valence-electron chi connectivity index (χ4n) is 14.0. The third-order valence-electron chi connectivity index (χ3n) is 19.2. The highest BCUT2D eigenvalue weighted by atomic mass is 32.2. The van der Waals surface area contributed by atoms with E-state index in [4.69, 9.17) is 44.2 Å². The molecule has 3 atom stereocenters. The van der Waals surface area contributed by atoms with Gasteiger partial charge in [-0.25, -0.2) is 29.4 Å². The van der Waals surface area contributed by atoms with Crippen molar-refractivity contribution in [3.05, 3.63) is 392 Å². The van der Waals surface area contributed by atoms with Gasteiger partial charge in [0.05, 0.1) is 16.6 Å². The maximum absolute atomic E-state index is 16.2. The van der Waals surface area contributed by atoms with Crippen molar-refractivity contribution in [1.29, 1.82) is 0 Å². The quantitative estimate of drug-likeness (QED) is 0.00864. The van der Waals surface area contributed by atoms with E-state index in [1.54, 1.807) is 53.5 Å². The summed E-state index contributed by atoms with van der Waals surface area (Å²) in [7, 11) is 0. The summed E-state index contributed by atoms with van der Waals surface area (Å²) in [5, 5.41) is 10.4. The number of nitrogens with two attached hydrogens (primary N) is 1. The first kappa shape index (κ1) is 76.9. The van der Waals surface area contributed by atoms with Crippen molar-refractivity contribution in [2.75, 3.05) is 17.2 Å². The van der Waals surface area contributed by atoms with E-state index in [9.17, 15) is 14.4 Å². The summed E-state index contributed by atoms with van der Waals surface area (Å²) >= 11 is 3.67. The van der Waals surface area contributed by atoms with Gasteiger partial charge in [-0.1, -0.05) is 296 Å². The predicted molar refractivity (Wildman–Crippen MR) is 438 cm³/mol. The molecular weight excluding hydrogens is 1510 g/mol. The number of thiazole rings is 1. The number of rotatable bonds is 26. The highest BCUT2D eigenvalue weighted by molar-refractivity contribution is 8.03. The van der Waals surface area contributed by atoms with Crippen LogP contribution in [0.1, 0.15) is 112 Å². The van der Waals surface area contributed by atoms with Crippen LogP contribution < -0.4 is 26.1 Å². The van der Waals surface area contributed by atoms with Crippen molar-refractivity contribution in [2.24, 2.45) is 10.1 Å². The van der Waals surface area contributed by atoms with E-state index in [1.807, 2.05) is 237 Å². The van der Waals surface area contributed by atoms with E-state index >= 15 is 19.2 Å². The lowest BCUT2D eigenvalue weighted by molar-refractivity contribution is -0.162. The number of oxime groups is 1. The number of hydrogen-bond acceptors (Lipinski definition) is 22. The highest BCUT2D eigenvalue weighted by Gasteiger charge is 2.56. The second-order valence-corrected chi connectivity index (χ2v) is 30.0. The van der Waals surface area contributed by atoms with Gasteiger partial charge in [-0.05, 0) is 80.8 Å². The van der Waals surface area contributed by atoms with Gasteiger partial charge in [0, 0.05) is 36.6 Å². The summed E-state index contributed by atoms with van der Waals surface area (Å²) in [6.45, 7) is 4.12. The van der Waals surface area contributed by atoms with Crippen LogP contribution in [0.3, 0.4) is 0 Å². The number of carbonyl (C=O) groups excluding carboxylic acids is 7. The lowest BCUT2D eigenvalue weighted by Gasteiger charge is -2.49. The minimum Gasteiger partial charge on any atom is -0.449 e. The van der Waals surface area contributed by atoms with Crippen LogP contribution in [0.5, 0.6) is 11.5 Å². The molecule has 11 aromatic rings. The van der Waals surface area contributed by atoms with Crippen molar-refractivity contribution >= 4 is 93.1 Å². The van der Waals surface area contributed by atoms with E-state index in [0.717, 1.165) is 53.0 Å². The second-order valence-electron chi connectivity index (χ2n) is 26.9. The van der Waals surface area contributed by atoms with Gasteiger partial charge < -0.3 is 39.6 Å². The number of hydrazine groups is 2. The largest absolute Gasteiger partial charge is 0.449 e. The van der Waals surface area contributed by atoms with Gasteiger partial charge in [-0.3, -0.25) is 24.1 Å². The smallest absolute Gasteiger partial charge is 0.431 e. The molecular formula is C90H73N9O13S3. The average Bonchev–Trinajstić information content (AvgIpc) is 1.60. The summed E-state index contributed by atoms with van der Waals surface area (Å²) in [6.07, 6.45) is -2.06. The van der Waals surface area contributed by atoms with Gasteiger partial charge in [0.1, 0.15) is 32.8 Å². The van der Waals surface area contributed by atoms with Crippen LogP contribution in [-0.4, -0.2) is 96.0 Å². The molecule has 10 aromatic carbocycles. The van der Waals surface area contributed by atoms with Crippen LogP contribution >= 0.6 is 34.9 Å². The zero-order valence-corrected chi connectivity index (χ0v) is 64.5. The number of esters is 4. The number of aromatic nitrogens is 1. The number of anilines is 1. The third kappa shape index (κ3) is 16.6. The summed E-state index contributed by atoms with van der Waals surface area (Å²) in [6, 6.07) is 86.7. The summed E-state index contributed by atoms with van der Waals surface area (Å²) in [5.41, 5.74) is 15.7. The SMILES string of the molecule is CC(=O)Oc1ccc(C(ON=C(C(=O)N[C@@H]2C(=O)N3C(C(=O)OC(c4ccccc4)c4ccccc4)=C(CSC4=CC(C)=NC5=CN(C(=O)OC(c6ccccc6)c6ccccc6)NN54)CS[C@H]23)c2nc(C(c3ccccc3)(c3ccccc3)c3ccccc3)sc2N)C(=O)OC(c2ccccc2)c2ccccc2)cc1OC(C)=O. The molecule has 0 spiro atoms. The Balaban J connectivity index is 0.804. The van der Waals surface area contributed by atoms with Gasteiger partial charge in [-0.2, -0.15) is 5.01 Å². The first-order chi connectivity index (χ1) is 56.1. The first-order valence-corrected chi connectivity index (χ1v) is 39.5. The van der Waals surface area contributed by atoms with Crippen molar-refractivity contribution in [3.63, 3.8) is 0 Å². The molecule has 1 fully saturated rings. The van der Waals surface area contributed by atoms with Crippen LogP contribution in [0, 0.1) is 0 Å². The summed E-state index contributed by atoms with van der Waals surface area (Å²) in [5.74, 6) is -5.04. The van der Waals surface area contributed by atoms with E-state index < -0.39 is 88.7 Å². The lowest BCUT2D eigenvalue weighted by Crippen LogP contribution is -2.71. The van der Waals surface area contributed by atoms with Crippen LogP contribution in [-0.2, 0) is 53.2 Å². The number of benzene rings is 10. The molecule has 0 aliphatic carbocycles. The van der Waals surface area contributed by atoms with E-state index in [-0.39, 0.29) is 45.0 Å². The molecule has 4 N–H and O–H groups in total. The van der Waals surface area contributed by atoms with Crippen LogP contribution in [0.2, 0.25) is 0 Å². The molecule has 1 saturated heterocycles. The first-order valence-electron chi connectivity index (χ1n) is 36.6. The minimum absolute atomic E-state index is 0.0290. The molecule has 3 amide bonds. The number of ether oxygens (including phenoxy) is 5. The summed E-state index contributed by atoms with van der Waals surface area (Å²) in [4.78, 5) is 121. The molecule has 15 rings (SSSR count). The molecule has 574 valence electrons. The minimum atomic E-state index is -1.94. The number of amides is 3. The Morgan fingerprint density at radius 3 is 1.52 bits per heavy atom. The molecule has 0 radical (unpaired) electrons. The Bertz CT molecular complexity index is 5380.